The fourth-order valence-electron chi connectivity index (χ4n) is 3.97. The summed E-state index contributed by atoms with van der Waals surface area (Å²) in [6.07, 6.45) is 3.51. The van der Waals surface area contributed by atoms with Gasteiger partial charge >= 0.3 is 0 Å². The number of hydrogen-bond acceptors (Lipinski definition) is 5. The molecule has 0 bridgehead atoms. The van der Waals surface area contributed by atoms with E-state index >= 15 is 0 Å². The summed E-state index contributed by atoms with van der Waals surface area (Å²) in [5.74, 6) is 1.02. The first-order valence-electron chi connectivity index (χ1n) is 9.97. The van der Waals surface area contributed by atoms with E-state index in [-0.39, 0.29) is 11.7 Å². The number of aromatic nitrogens is 2. The average molecular weight is 413 g/mol. The lowest BCUT2D eigenvalue weighted by atomic mass is 10.0. The third-order valence-corrected chi connectivity index (χ3v) is 6.80. The molecular weight excluding hydrogens is 387 g/mol. The Morgan fingerprint density at radius 2 is 2.03 bits per heavy atom. The van der Waals surface area contributed by atoms with Crippen molar-refractivity contribution in [3.63, 3.8) is 0 Å². The number of benzene rings is 1. The summed E-state index contributed by atoms with van der Waals surface area (Å²) >= 11 is 1.37. The fraction of sp³-hybridized carbons (Fsp3) is 0.409. The Morgan fingerprint density at radius 1 is 1.24 bits per heavy atom. The fourth-order valence-corrected chi connectivity index (χ4v) is 5.08. The van der Waals surface area contributed by atoms with Crippen LogP contribution in [0.3, 0.4) is 0 Å². The Bertz CT molecular complexity index is 1090. The number of carbonyl (C=O) groups excluding carboxylic acids is 1. The van der Waals surface area contributed by atoms with Crippen molar-refractivity contribution in [1.29, 1.82) is 0 Å². The number of fused-ring (bicyclic) bond motifs is 1. The van der Waals surface area contributed by atoms with Gasteiger partial charge in [-0.1, -0.05) is 6.07 Å². The molecule has 29 heavy (non-hydrogen) atoms. The van der Waals surface area contributed by atoms with E-state index in [0.717, 1.165) is 46.5 Å². The summed E-state index contributed by atoms with van der Waals surface area (Å²) in [5, 5.41) is 3.82. The number of piperidine rings is 1. The van der Waals surface area contributed by atoms with Gasteiger partial charge in [0.05, 0.1) is 10.3 Å². The lowest BCUT2D eigenvalue weighted by Crippen LogP contribution is -2.38. The molecule has 0 saturated carbocycles. The SMILES string of the molecule is Cc1nc(N2CCCC[C@H]2C)c2c(C)c(C(=O)Nc3cc(F)ccc3C)sc2n1. The monoisotopic (exact) mass is 412 g/mol. The van der Waals surface area contributed by atoms with Crippen LogP contribution in [0.25, 0.3) is 10.2 Å². The van der Waals surface area contributed by atoms with Gasteiger partial charge in [0.25, 0.3) is 5.91 Å². The normalized spacial score (nSPS) is 17.0. The van der Waals surface area contributed by atoms with E-state index in [4.69, 9.17) is 4.98 Å². The molecule has 0 unspecified atom stereocenters. The Hall–Kier alpha value is -2.54. The van der Waals surface area contributed by atoms with Gasteiger partial charge in [0.15, 0.2) is 0 Å². The quantitative estimate of drug-likeness (QED) is 0.627. The van der Waals surface area contributed by atoms with E-state index in [0.29, 0.717) is 22.4 Å². The van der Waals surface area contributed by atoms with Gasteiger partial charge in [-0.05, 0) is 70.2 Å². The molecule has 1 fully saturated rings. The Balaban J connectivity index is 1.76. The third-order valence-electron chi connectivity index (χ3n) is 5.61. The smallest absolute Gasteiger partial charge is 0.266 e. The number of amides is 1. The molecule has 1 aliphatic heterocycles. The van der Waals surface area contributed by atoms with Crippen LogP contribution in [0, 0.1) is 26.6 Å². The molecule has 1 N–H and O–H groups in total. The number of aryl methyl sites for hydroxylation is 3. The molecule has 152 valence electrons. The number of carbonyl (C=O) groups is 1. The Kier molecular flexibility index (Phi) is 5.25. The van der Waals surface area contributed by atoms with Gasteiger partial charge in [0.1, 0.15) is 22.3 Å². The number of anilines is 2. The molecule has 0 aliphatic carbocycles. The molecule has 1 aliphatic rings. The summed E-state index contributed by atoms with van der Waals surface area (Å²) in [6.45, 7) is 8.87. The highest BCUT2D eigenvalue weighted by Crippen LogP contribution is 2.38. The number of thiophene rings is 1. The largest absolute Gasteiger partial charge is 0.353 e. The van der Waals surface area contributed by atoms with Crippen LogP contribution < -0.4 is 10.2 Å². The van der Waals surface area contributed by atoms with Crippen molar-refractivity contribution in [1.82, 2.24) is 9.97 Å². The highest BCUT2D eigenvalue weighted by atomic mass is 32.1. The molecular formula is C22H25FN4OS. The van der Waals surface area contributed by atoms with Crippen molar-refractivity contribution in [2.45, 2.75) is 53.0 Å². The maximum Gasteiger partial charge on any atom is 0.266 e. The summed E-state index contributed by atoms with van der Waals surface area (Å²) in [5.41, 5.74) is 2.18. The third kappa shape index (κ3) is 3.71. The Labute approximate surface area is 174 Å². The molecule has 3 aromatic rings. The van der Waals surface area contributed by atoms with Gasteiger partial charge < -0.3 is 10.2 Å². The van der Waals surface area contributed by atoms with Crippen LogP contribution in [0.5, 0.6) is 0 Å². The second-order valence-corrected chi connectivity index (χ2v) is 8.78. The van der Waals surface area contributed by atoms with Crippen LogP contribution >= 0.6 is 11.3 Å². The van der Waals surface area contributed by atoms with E-state index in [1.807, 2.05) is 20.8 Å². The zero-order valence-corrected chi connectivity index (χ0v) is 18.0. The standard InChI is InChI=1S/C22H25FN4OS/c1-12-8-9-16(23)11-17(12)26-21(28)19-14(3)18-20(24-15(4)25-22(18)29-19)27-10-6-5-7-13(27)2/h8-9,11,13H,5-7,10H2,1-4H3,(H,26,28)/t13-/m1/s1. The molecule has 1 atom stereocenters. The topological polar surface area (TPSA) is 58.1 Å². The highest BCUT2D eigenvalue weighted by molar-refractivity contribution is 7.20. The Morgan fingerprint density at radius 3 is 2.79 bits per heavy atom. The van der Waals surface area contributed by atoms with Crippen LogP contribution in [0.1, 0.15) is 52.8 Å². The molecule has 5 nitrogen and oxygen atoms in total. The van der Waals surface area contributed by atoms with E-state index in [1.54, 1.807) is 6.07 Å². The lowest BCUT2D eigenvalue weighted by molar-refractivity contribution is 0.103. The predicted octanol–water partition coefficient (Wildman–Crippen LogP) is 5.39. The summed E-state index contributed by atoms with van der Waals surface area (Å²) < 4.78 is 13.6. The predicted molar refractivity (Wildman–Crippen MR) is 117 cm³/mol. The minimum absolute atomic E-state index is 0.241. The number of halogens is 1. The van der Waals surface area contributed by atoms with Crippen molar-refractivity contribution in [2.75, 3.05) is 16.8 Å². The average Bonchev–Trinajstić information content (AvgIpc) is 3.01. The van der Waals surface area contributed by atoms with Crippen LogP contribution in [-0.4, -0.2) is 28.5 Å². The van der Waals surface area contributed by atoms with Crippen LogP contribution in [-0.2, 0) is 0 Å². The zero-order valence-electron chi connectivity index (χ0n) is 17.2. The second kappa shape index (κ2) is 7.71. The molecule has 0 spiro atoms. The number of hydrogen-bond donors (Lipinski definition) is 1. The van der Waals surface area contributed by atoms with Gasteiger partial charge in [0, 0.05) is 18.3 Å². The summed E-state index contributed by atoms with van der Waals surface area (Å²) in [4.78, 5) is 26.1. The number of rotatable bonds is 3. The minimum Gasteiger partial charge on any atom is -0.353 e. The molecule has 3 heterocycles. The van der Waals surface area contributed by atoms with Gasteiger partial charge in [-0.2, -0.15) is 0 Å². The maximum atomic E-state index is 13.6. The van der Waals surface area contributed by atoms with Crippen LogP contribution in [0.15, 0.2) is 18.2 Å². The maximum absolute atomic E-state index is 13.6. The molecule has 0 radical (unpaired) electrons. The first-order chi connectivity index (χ1) is 13.8. The summed E-state index contributed by atoms with van der Waals surface area (Å²) in [7, 11) is 0. The minimum atomic E-state index is -0.373. The zero-order chi connectivity index (χ0) is 20.7. The molecule has 4 rings (SSSR count). The lowest BCUT2D eigenvalue weighted by Gasteiger charge is -2.35. The van der Waals surface area contributed by atoms with Crippen molar-refractivity contribution in [3.05, 3.63) is 45.8 Å². The van der Waals surface area contributed by atoms with E-state index in [9.17, 15) is 9.18 Å². The van der Waals surface area contributed by atoms with Crippen molar-refractivity contribution >= 4 is 39.0 Å². The van der Waals surface area contributed by atoms with Gasteiger partial charge in [-0.3, -0.25) is 4.79 Å². The van der Waals surface area contributed by atoms with Gasteiger partial charge in [-0.25, -0.2) is 14.4 Å². The van der Waals surface area contributed by atoms with Crippen molar-refractivity contribution < 1.29 is 9.18 Å². The molecule has 1 saturated heterocycles. The number of nitrogens with one attached hydrogen (secondary N) is 1. The molecule has 7 heteroatoms. The second-order valence-electron chi connectivity index (χ2n) is 7.78. The first kappa shape index (κ1) is 19.8. The number of nitrogens with zero attached hydrogens (tertiary/aromatic N) is 3. The van der Waals surface area contributed by atoms with E-state index in [2.05, 4.69) is 22.1 Å². The van der Waals surface area contributed by atoms with Crippen LogP contribution in [0.4, 0.5) is 15.9 Å². The van der Waals surface area contributed by atoms with Crippen molar-refractivity contribution in [2.24, 2.45) is 0 Å². The summed E-state index contributed by atoms with van der Waals surface area (Å²) in [6, 6.07) is 4.81. The van der Waals surface area contributed by atoms with Gasteiger partial charge in [0.2, 0.25) is 0 Å². The van der Waals surface area contributed by atoms with Crippen LogP contribution in [0.2, 0.25) is 0 Å². The first-order valence-corrected chi connectivity index (χ1v) is 10.8. The van der Waals surface area contributed by atoms with Crippen molar-refractivity contribution in [3.8, 4) is 0 Å². The highest BCUT2D eigenvalue weighted by Gasteiger charge is 2.26. The van der Waals surface area contributed by atoms with E-state index < -0.39 is 0 Å². The molecule has 1 amide bonds. The van der Waals surface area contributed by atoms with Gasteiger partial charge in [-0.15, -0.1) is 11.3 Å². The molecule has 1 aromatic carbocycles. The van der Waals surface area contributed by atoms with E-state index in [1.165, 1.54) is 29.9 Å². The molecule has 2 aromatic heterocycles.